The Labute approximate surface area is 181 Å². The van der Waals surface area contributed by atoms with Crippen LogP contribution >= 0.6 is 0 Å². The van der Waals surface area contributed by atoms with Crippen LogP contribution in [0.5, 0.6) is 0 Å². The highest BCUT2D eigenvalue weighted by Gasteiger charge is 2.35. The van der Waals surface area contributed by atoms with Gasteiger partial charge < -0.3 is 24.8 Å². The molecule has 2 amide bonds. The van der Waals surface area contributed by atoms with Crippen molar-refractivity contribution in [2.75, 3.05) is 46.8 Å². The molecule has 0 bridgehead atoms. The molecule has 2 aliphatic rings. The molecule has 0 aromatic rings. The number of nitrogens with one attached hydrogen (secondary N) is 1. The third-order valence-electron chi connectivity index (χ3n) is 5.25. The van der Waals surface area contributed by atoms with E-state index in [2.05, 4.69) is 21.8 Å². The second-order valence-corrected chi connectivity index (χ2v) is 9.39. The molecule has 1 heterocycles. The number of carbonyl (C=O) groups excluding carboxylic acids is 2. The Hall–Kier alpha value is -2.25. The van der Waals surface area contributed by atoms with Crippen LogP contribution in [0.15, 0.2) is 17.6 Å². The van der Waals surface area contributed by atoms with Crippen molar-refractivity contribution in [3.8, 4) is 0 Å². The summed E-state index contributed by atoms with van der Waals surface area (Å²) >= 11 is 0. The predicted molar refractivity (Wildman–Crippen MR) is 119 cm³/mol. The Bertz CT molecular complexity index is 629. The molecule has 1 aliphatic heterocycles. The first-order valence-electron chi connectivity index (χ1n) is 10.9. The Morgan fingerprint density at radius 1 is 1.20 bits per heavy atom. The third-order valence-corrected chi connectivity index (χ3v) is 5.25. The van der Waals surface area contributed by atoms with E-state index in [-0.39, 0.29) is 24.6 Å². The van der Waals surface area contributed by atoms with E-state index >= 15 is 0 Å². The molecule has 0 spiro atoms. The number of amides is 2. The SMILES string of the molecule is C=CCNC(=NCC(=O)N(C)C)N1CCC(N(CC2CC2)C(=O)OC(C)(C)C)CC1. The number of carbonyl (C=O) groups is 2. The van der Waals surface area contributed by atoms with Crippen LogP contribution in [0.1, 0.15) is 46.5 Å². The first kappa shape index (κ1) is 24.0. The fourth-order valence-corrected chi connectivity index (χ4v) is 3.38. The van der Waals surface area contributed by atoms with Gasteiger partial charge in [-0.1, -0.05) is 6.08 Å². The van der Waals surface area contributed by atoms with Crippen LogP contribution in [0.2, 0.25) is 0 Å². The molecular formula is C22H39N5O3. The molecule has 0 unspecified atom stereocenters. The van der Waals surface area contributed by atoms with Crippen molar-refractivity contribution in [3.05, 3.63) is 12.7 Å². The van der Waals surface area contributed by atoms with Crippen LogP contribution in [0, 0.1) is 5.92 Å². The lowest BCUT2D eigenvalue weighted by Gasteiger charge is -2.40. The van der Waals surface area contributed by atoms with E-state index in [1.807, 2.05) is 25.7 Å². The minimum absolute atomic E-state index is 0.0386. The molecule has 0 aromatic carbocycles. The van der Waals surface area contributed by atoms with E-state index in [0.29, 0.717) is 12.5 Å². The van der Waals surface area contributed by atoms with E-state index < -0.39 is 5.60 Å². The first-order valence-corrected chi connectivity index (χ1v) is 10.9. The number of ether oxygens (including phenoxy) is 1. The van der Waals surface area contributed by atoms with Gasteiger partial charge in [0.15, 0.2) is 5.96 Å². The smallest absolute Gasteiger partial charge is 0.410 e. The maximum atomic E-state index is 12.8. The van der Waals surface area contributed by atoms with Gasteiger partial charge in [-0.2, -0.15) is 0 Å². The zero-order valence-electron chi connectivity index (χ0n) is 19.3. The quantitative estimate of drug-likeness (QED) is 0.388. The molecule has 2 fully saturated rings. The maximum absolute atomic E-state index is 12.8. The third kappa shape index (κ3) is 7.88. The summed E-state index contributed by atoms with van der Waals surface area (Å²) in [6.45, 7) is 12.5. The van der Waals surface area contributed by atoms with Crippen molar-refractivity contribution in [2.24, 2.45) is 10.9 Å². The Balaban J connectivity index is 2.00. The number of hydrogen-bond donors (Lipinski definition) is 1. The van der Waals surface area contributed by atoms with E-state index in [0.717, 1.165) is 38.4 Å². The van der Waals surface area contributed by atoms with Crippen LogP contribution in [-0.2, 0) is 9.53 Å². The van der Waals surface area contributed by atoms with E-state index in [4.69, 9.17) is 4.74 Å². The lowest BCUT2D eigenvalue weighted by Crippen LogP contribution is -2.52. The second-order valence-electron chi connectivity index (χ2n) is 9.39. The van der Waals surface area contributed by atoms with Gasteiger partial charge in [0, 0.05) is 46.3 Å². The monoisotopic (exact) mass is 421 g/mol. The summed E-state index contributed by atoms with van der Waals surface area (Å²) in [5.74, 6) is 1.29. The maximum Gasteiger partial charge on any atom is 0.410 e. The zero-order valence-corrected chi connectivity index (χ0v) is 19.3. The van der Waals surface area contributed by atoms with Gasteiger partial charge in [-0.15, -0.1) is 6.58 Å². The molecule has 1 aliphatic carbocycles. The number of guanidine groups is 1. The molecule has 1 saturated carbocycles. The fourth-order valence-electron chi connectivity index (χ4n) is 3.38. The number of hydrogen-bond acceptors (Lipinski definition) is 4. The van der Waals surface area contributed by atoms with Gasteiger partial charge in [0.2, 0.25) is 5.91 Å². The fraction of sp³-hybridized carbons (Fsp3) is 0.773. The molecule has 2 rings (SSSR count). The van der Waals surface area contributed by atoms with E-state index in [9.17, 15) is 9.59 Å². The van der Waals surface area contributed by atoms with E-state index in [1.54, 1.807) is 20.2 Å². The molecular weight excluding hydrogens is 382 g/mol. The average Bonchev–Trinajstić information content (AvgIpc) is 3.49. The standard InChI is InChI=1S/C22H39N5O3/c1-7-12-23-20(24-15-19(28)25(5)6)26-13-10-18(11-14-26)27(16-17-8-9-17)21(29)30-22(2,3)4/h7,17-18H,1,8-16H2,2-6H3,(H,23,24). The number of piperidine rings is 1. The number of likely N-dealkylation sites (N-methyl/N-ethyl adjacent to an activating group) is 1. The molecule has 0 aromatic heterocycles. The summed E-state index contributed by atoms with van der Waals surface area (Å²) in [6.07, 6.45) is 5.66. The largest absolute Gasteiger partial charge is 0.444 e. The van der Waals surface area contributed by atoms with Crippen LogP contribution in [0.25, 0.3) is 0 Å². The Morgan fingerprint density at radius 2 is 1.83 bits per heavy atom. The average molecular weight is 422 g/mol. The van der Waals surface area contributed by atoms with Gasteiger partial charge >= 0.3 is 6.09 Å². The highest BCUT2D eigenvalue weighted by atomic mass is 16.6. The van der Waals surface area contributed by atoms with Crippen molar-refractivity contribution >= 4 is 18.0 Å². The van der Waals surface area contributed by atoms with Crippen molar-refractivity contribution < 1.29 is 14.3 Å². The highest BCUT2D eigenvalue weighted by molar-refractivity contribution is 5.85. The number of rotatable bonds is 7. The van der Waals surface area contributed by atoms with Crippen molar-refractivity contribution in [3.63, 3.8) is 0 Å². The van der Waals surface area contributed by atoms with Gasteiger partial charge in [0.05, 0.1) is 0 Å². The summed E-state index contributed by atoms with van der Waals surface area (Å²) in [7, 11) is 3.45. The molecule has 8 heteroatoms. The van der Waals surface area contributed by atoms with Crippen molar-refractivity contribution in [2.45, 2.75) is 58.1 Å². The Morgan fingerprint density at radius 3 is 2.33 bits per heavy atom. The van der Waals surface area contributed by atoms with Gasteiger partial charge in [-0.25, -0.2) is 9.79 Å². The van der Waals surface area contributed by atoms with Crippen molar-refractivity contribution in [1.82, 2.24) is 20.0 Å². The summed E-state index contributed by atoms with van der Waals surface area (Å²) in [5.41, 5.74) is -0.493. The van der Waals surface area contributed by atoms with Crippen molar-refractivity contribution in [1.29, 1.82) is 0 Å². The minimum atomic E-state index is -0.493. The summed E-state index contributed by atoms with van der Waals surface area (Å²) in [6, 6.07) is 0.167. The first-order chi connectivity index (χ1) is 14.1. The molecule has 8 nitrogen and oxygen atoms in total. The van der Waals surface area contributed by atoms with Gasteiger partial charge in [-0.05, 0) is 52.4 Å². The van der Waals surface area contributed by atoms with Gasteiger partial charge in [-0.3, -0.25) is 4.79 Å². The van der Waals surface area contributed by atoms with E-state index in [1.165, 1.54) is 17.7 Å². The van der Waals surface area contributed by atoms with Gasteiger partial charge in [0.25, 0.3) is 0 Å². The lowest BCUT2D eigenvalue weighted by atomic mass is 10.0. The molecule has 170 valence electrons. The number of likely N-dealkylation sites (tertiary alicyclic amines) is 1. The summed E-state index contributed by atoms with van der Waals surface area (Å²) < 4.78 is 5.68. The molecule has 1 N–H and O–H groups in total. The highest BCUT2D eigenvalue weighted by Crippen LogP contribution is 2.32. The summed E-state index contributed by atoms with van der Waals surface area (Å²) in [5, 5.41) is 3.26. The lowest BCUT2D eigenvalue weighted by molar-refractivity contribution is -0.127. The van der Waals surface area contributed by atoms with Crippen LogP contribution < -0.4 is 5.32 Å². The minimum Gasteiger partial charge on any atom is -0.444 e. The zero-order chi connectivity index (χ0) is 22.3. The number of nitrogens with zero attached hydrogens (tertiary/aromatic N) is 4. The Kier molecular flexibility index (Phi) is 8.55. The van der Waals surface area contributed by atoms with Gasteiger partial charge in [0.1, 0.15) is 12.1 Å². The van der Waals surface area contributed by atoms with Crippen LogP contribution in [0.4, 0.5) is 4.79 Å². The number of aliphatic imine (C=N–C) groups is 1. The predicted octanol–water partition coefficient (Wildman–Crippen LogP) is 2.32. The molecule has 0 radical (unpaired) electrons. The summed E-state index contributed by atoms with van der Waals surface area (Å²) in [4.78, 5) is 34.9. The molecule has 30 heavy (non-hydrogen) atoms. The van der Waals surface area contributed by atoms with Crippen LogP contribution in [0.3, 0.4) is 0 Å². The second kappa shape index (κ2) is 10.7. The topological polar surface area (TPSA) is 77.5 Å². The molecule has 1 saturated heterocycles. The van der Waals surface area contributed by atoms with Crippen LogP contribution in [-0.4, -0.2) is 91.1 Å². The molecule has 0 atom stereocenters. The normalized spacial score (nSPS) is 18.0.